The van der Waals surface area contributed by atoms with Gasteiger partial charge in [0.15, 0.2) is 5.88 Å². The number of aryl methyl sites for hydroxylation is 1. The van der Waals surface area contributed by atoms with Crippen LogP contribution in [-0.4, -0.2) is 16.3 Å². The molecule has 21 heavy (non-hydrogen) atoms. The molecule has 0 atom stereocenters. The Morgan fingerprint density at radius 2 is 2.00 bits per heavy atom. The van der Waals surface area contributed by atoms with Crippen LogP contribution in [0.5, 0.6) is 5.88 Å². The average molecular weight is 299 g/mol. The van der Waals surface area contributed by atoms with Crippen molar-refractivity contribution in [2.45, 2.75) is 13.8 Å². The monoisotopic (exact) mass is 298 g/mol. The summed E-state index contributed by atoms with van der Waals surface area (Å²) in [6.45, 7) is 4.09. The topological polar surface area (TPSA) is 48.4 Å². The highest BCUT2D eigenvalue weighted by atomic mass is 35.5. The van der Waals surface area contributed by atoms with E-state index in [-0.39, 0.29) is 5.88 Å². The van der Waals surface area contributed by atoms with Gasteiger partial charge in [-0.05, 0) is 49.2 Å². The van der Waals surface area contributed by atoms with Gasteiger partial charge in [-0.15, -0.1) is 0 Å². The fraction of sp³-hybridized carbons (Fsp3) is 0.118. The normalized spacial score (nSPS) is 11.6. The molecule has 0 saturated heterocycles. The molecule has 0 radical (unpaired) electrons. The predicted molar refractivity (Wildman–Crippen MR) is 88.1 cm³/mol. The summed E-state index contributed by atoms with van der Waals surface area (Å²) >= 11 is 6.02. The van der Waals surface area contributed by atoms with E-state index in [1.807, 2.05) is 31.2 Å². The molecule has 2 N–H and O–H groups in total. The molecule has 1 aromatic heterocycles. The van der Waals surface area contributed by atoms with Gasteiger partial charge in [-0.1, -0.05) is 23.7 Å². The van der Waals surface area contributed by atoms with Crippen molar-refractivity contribution in [2.75, 3.05) is 0 Å². The van der Waals surface area contributed by atoms with Crippen molar-refractivity contribution in [3.05, 3.63) is 58.1 Å². The minimum absolute atomic E-state index is 0.0984. The number of rotatable bonds is 2. The fourth-order valence-electron chi connectivity index (χ4n) is 2.31. The van der Waals surface area contributed by atoms with Gasteiger partial charge in [-0.2, -0.15) is 0 Å². The van der Waals surface area contributed by atoms with Gasteiger partial charge < -0.3 is 10.1 Å². The van der Waals surface area contributed by atoms with Crippen LogP contribution in [0.1, 0.15) is 16.7 Å². The Kier molecular flexibility index (Phi) is 3.43. The second-order valence-electron chi connectivity index (χ2n) is 5.05. The SMILES string of the molecule is Cc1cccc(N=Cc2c(O)[nH]c3ccc(Cl)cc23)c1C. The minimum atomic E-state index is 0.0984. The van der Waals surface area contributed by atoms with E-state index in [4.69, 9.17) is 11.6 Å². The van der Waals surface area contributed by atoms with Crippen LogP contribution >= 0.6 is 11.6 Å². The maximum atomic E-state index is 10.0. The zero-order valence-corrected chi connectivity index (χ0v) is 12.6. The van der Waals surface area contributed by atoms with Crippen molar-refractivity contribution >= 4 is 34.4 Å². The number of H-pyrrole nitrogens is 1. The largest absolute Gasteiger partial charge is 0.494 e. The van der Waals surface area contributed by atoms with E-state index in [0.29, 0.717) is 10.6 Å². The van der Waals surface area contributed by atoms with Crippen molar-refractivity contribution < 1.29 is 5.11 Å². The van der Waals surface area contributed by atoms with Gasteiger partial charge in [0, 0.05) is 22.1 Å². The Morgan fingerprint density at radius 1 is 1.19 bits per heavy atom. The van der Waals surface area contributed by atoms with E-state index in [2.05, 4.69) is 23.0 Å². The Balaban J connectivity index is 2.09. The van der Waals surface area contributed by atoms with E-state index in [0.717, 1.165) is 22.2 Å². The smallest absolute Gasteiger partial charge is 0.198 e. The maximum Gasteiger partial charge on any atom is 0.198 e. The van der Waals surface area contributed by atoms with Crippen LogP contribution < -0.4 is 0 Å². The molecule has 3 aromatic rings. The summed E-state index contributed by atoms with van der Waals surface area (Å²) in [7, 11) is 0. The van der Waals surface area contributed by atoms with Crippen LogP contribution in [0.15, 0.2) is 41.4 Å². The van der Waals surface area contributed by atoms with Crippen molar-refractivity contribution in [3.8, 4) is 5.88 Å². The van der Waals surface area contributed by atoms with Crippen molar-refractivity contribution in [1.29, 1.82) is 0 Å². The molecule has 0 aliphatic carbocycles. The molecule has 0 saturated carbocycles. The highest BCUT2D eigenvalue weighted by Crippen LogP contribution is 2.29. The molecule has 0 unspecified atom stereocenters. The number of nitrogens with one attached hydrogen (secondary N) is 1. The quantitative estimate of drug-likeness (QED) is 0.650. The summed E-state index contributed by atoms with van der Waals surface area (Å²) in [4.78, 5) is 7.42. The van der Waals surface area contributed by atoms with E-state index in [1.54, 1.807) is 12.3 Å². The lowest BCUT2D eigenvalue weighted by Crippen LogP contribution is -1.83. The minimum Gasteiger partial charge on any atom is -0.494 e. The third-order valence-corrected chi connectivity index (χ3v) is 3.92. The lowest BCUT2D eigenvalue weighted by Gasteiger charge is -2.02. The van der Waals surface area contributed by atoms with Crippen molar-refractivity contribution in [3.63, 3.8) is 0 Å². The Hall–Kier alpha value is -2.26. The molecule has 2 aromatic carbocycles. The first-order chi connectivity index (χ1) is 10.1. The first kappa shape index (κ1) is 13.7. The number of hydrogen-bond donors (Lipinski definition) is 2. The van der Waals surface area contributed by atoms with Crippen LogP contribution in [0, 0.1) is 13.8 Å². The van der Waals surface area contributed by atoms with Gasteiger partial charge in [0.05, 0.1) is 11.3 Å². The molecule has 0 bridgehead atoms. The summed E-state index contributed by atoms with van der Waals surface area (Å²) in [6.07, 6.45) is 1.67. The van der Waals surface area contributed by atoms with Gasteiger partial charge in [-0.3, -0.25) is 4.99 Å². The molecule has 3 rings (SSSR count). The Bertz CT molecular complexity index is 849. The van der Waals surface area contributed by atoms with E-state index in [1.165, 1.54) is 5.56 Å². The lowest BCUT2D eigenvalue weighted by molar-refractivity contribution is 0.457. The number of aromatic amines is 1. The first-order valence-corrected chi connectivity index (χ1v) is 7.04. The second-order valence-corrected chi connectivity index (χ2v) is 5.49. The highest BCUT2D eigenvalue weighted by Gasteiger charge is 2.09. The van der Waals surface area contributed by atoms with Gasteiger partial charge in [0.1, 0.15) is 0 Å². The van der Waals surface area contributed by atoms with Crippen LogP contribution in [0.3, 0.4) is 0 Å². The summed E-state index contributed by atoms with van der Waals surface area (Å²) in [6, 6.07) is 11.4. The van der Waals surface area contributed by atoms with Crippen LogP contribution in [-0.2, 0) is 0 Å². The third-order valence-electron chi connectivity index (χ3n) is 3.69. The summed E-state index contributed by atoms with van der Waals surface area (Å²) in [5, 5.41) is 11.5. The van der Waals surface area contributed by atoms with E-state index in [9.17, 15) is 5.11 Å². The second kappa shape index (κ2) is 5.26. The fourth-order valence-corrected chi connectivity index (χ4v) is 2.48. The Labute approximate surface area is 127 Å². The number of benzene rings is 2. The molecule has 0 amide bonds. The molecule has 0 aliphatic heterocycles. The molecule has 0 fully saturated rings. The number of hydrogen-bond acceptors (Lipinski definition) is 2. The first-order valence-electron chi connectivity index (χ1n) is 6.67. The molecule has 4 heteroatoms. The highest BCUT2D eigenvalue weighted by molar-refractivity contribution is 6.31. The van der Waals surface area contributed by atoms with Gasteiger partial charge in [0.2, 0.25) is 0 Å². The standard InChI is InChI=1S/C17H15ClN2O/c1-10-4-3-5-15(11(10)2)19-9-14-13-8-12(18)6-7-16(13)20-17(14)21/h3-9,20-21H,1-2H3. The molecule has 106 valence electrons. The van der Waals surface area contributed by atoms with E-state index < -0.39 is 0 Å². The maximum absolute atomic E-state index is 10.0. The van der Waals surface area contributed by atoms with Crippen LogP contribution in [0.2, 0.25) is 5.02 Å². The van der Waals surface area contributed by atoms with Crippen LogP contribution in [0.25, 0.3) is 10.9 Å². The zero-order chi connectivity index (χ0) is 15.0. The number of halogens is 1. The molecular formula is C17H15ClN2O. The van der Waals surface area contributed by atoms with Gasteiger partial charge in [0.25, 0.3) is 0 Å². The zero-order valence-electron chi connectivity index (χ0n) is 11.8. The van der Waals surface area contributed by atoms with Crippen molar-refractivity contribution in [1.82, 2.24) is 4.98 Å². The van der Waals surface area contributed by atoms with Crippen LogP contribution in [0.4, 0.5) is 5.69 Å². The summed E-state index contributed by atoms with van der Waals surface area (Å²) in [5.74, 6) is 0.0984. The molecule has 3 nitrogen and oxygen atoms in total. The van der Waals surface area contributed by atoms with Gasteiger partial charge in [-0.25, -0.2) is 0 Å². The summed E-state index contributed by atoms with van der Waals surface area (Å²) < 4.78 is 0. The Morgan fingerprint density at radius 3 is 2.81 bits per heavy atom. The number of nitrogens with zero attached hydrogens (tertiary/aromatic N) is 1. The number of aromatic nitrogens is 1. The van der Waals surface area contributed by atoms with Crippen molar-refractivity contribution in [2.24, 2.45) is 4.99 Å². The predicted octanol–water partition coefficient (Wildman–Crippen LogP) is 4.89. The van der Waals surface area contributed by atoms with E-state index >= 15 is 0 Å². The van der Waals surface area contributed by atoms with Gasteiger partial charge >= 0.3 is 0 Å². The number of aliphatic imine (C=N–C) groups is 1. The molecule has 1 heterocycles. The number of aromatic hydroxyl groups is 1. The summed E-state index contributed by atoms with van der Waals surface area (Å²) in [5.41, 5.74) is 4.69. The number of fused-ring (bicyclic) bond motifs is 1. The average Bonchev–Trinajstić information content (AvgIpc) is 2.76. The third kappa shape index (κ3) is 2.52. The lowest BCUT2D eigenvalue weighted by atomic mass is 10.1. The molecule has 0 spiro atoms. The molecule has 0 aliphatic rings. The molecular weight excluding hydrogens is 284 g/mol.